The molecule has 0 fully saturated rings. The van der Waals surface area contributed by atoms with Gasteiger partial charge in [0.2, 0.25) is 5.56 Å². The van der Waals surface area contributed by atoms with E-state index in [1.807, 2.05) is 18.2 Å². The van der Waals surface area contributed by atoms with Crippen LogP contribution in [-0.4, -0.2) is 24.1 Å². The summed E-state index contributed by atoms with van der Waals surface area (Å²) in [6.45, 7) is 0. The van der Waals surface area contributed by atoms with E-state index in [9.17, 15) is 9.59 Å². The van der Waals surface area contributed by atoms with Crippen LogP contribution in [0.15, 0.2) is 63.1 Å². The van der Waals surface area contributed by atoms with Crippen molar-refractivity contribution in [1.82, 2.24) is 19.9 Å². The number of rotatable bonds is 0. The first-order valence-corrected chi connectivity index (χ1v) is 8.22. The second-order valence-corrected chi connectivity index (χ2v) is 5.29. The van der Waals surface area contributed by atoms with Crippen LogP contribution < -0.4 is 32.4 Å². The summed E-state index contributed by atoms with van der Waals surface area (Å²) in [5.74, 6) is 0. The predicted octanol–water partition coefficient (Wildman–Crippen LogP) is 1.43. The van der Waals surface area contributed by atoms with Gasteiger partial charge in [0.15, 0.2) is 5.56 Å². The average Bonchev–Trinajstić information content (AvgIpc) is 2.70. The molecule has 0 saturated heterocycles. The number of aromatic nitrogens is 4. The maximum absolute atomic E-state index is 11.4. The standard InChI is InChI=1S/C9H9N3O.C8H5ClN2O.CH5N.CH4.2Y/c1-10-9-11-7-5-3-2-4-6(7)8(13)12-9;9-8-10-6-4-2-1-3-5(6)7(12)11-8;1-2;;;/h2-5H,1H3,(H2,10,11,12,13);1-4H,(H,10,11,12);2H2,1H3;1H4;;/p-2. The number of hydrogen-bond donors (Lipinski definition) is 2. The molecule has 0 aliphatic heterocycles. The molecule has 2 aromatic carbocycles. The molecule has 11 heteroatoms. The van der Waals surface area contributed by atoms with E-state index < -0.39 is 0 Å². The molecule has 4 aromatic rings. The minimum Gasteiger partial charge on any atom is -0.425 e. The maximum atomic E-state index is 11.4. The van der Waals surface area contributed by atoms with Gasteiger partial charge in [0.1, 0.15) is 0 Å². The van der Waals surface area contributed by atoms with Crippen molar-refractivity contribution in [3.8, 4) is 0 Å². The maximum Gasteiger partial charge on any atom is 0.211 e. The number of para-hydroxylation sites is 2. The van der Waals surface area contributed by atoms with Gasteiger partial charge in [-0.15, -0.1) is 0 Å². The van der Waals surface area contributed by atoms with Gasteiger partial charge in [-0.05, 0) is 25.1 Å². The molecule has 2 aromatic heterocycles. The number of aromatic amines is 1. The van der Waals surface area contributed by atoms with Gasteiger partial charge >= 0.3 is 0 Å². The molecule has 0 atom stereocenters. The first kappa shape index (κ1) is 31.2. The molecular weight excluding hydrogens is 558 g/mol. The topological polar surface area (TPSA) is 129 Å². The monoisotopic (exact) mass is 578 g/mol. The normalized spacial score (nSPS) is 9.67. The minimum absolute atomic E-state index is 0. The number of halogens is 1. The second-order valence-electron chi connectivity index (χ2n) is 4.95. The Kier molecular flexibility index (Phi) is 16.3. The Hall–Kier alpha value is -1.02. The van der Waals surface area contributed by atoms with Gasteiger partial charge in [-0.1, -0.05) is 67.6 Å². The van der Waals surface area contributed by atoms with Gasteiger partial charge in [-0.25, -0.2) is 0 Å². The van der Waals surface area contributed by atoms with Crippen LogP contribution in [0.1, 0.15) is 7.43 Å². The first-order chi connectivity index (χ1) is 13.1. The summed E-state index contributed by atoms with van der Waals surface area (Å²) >= 11 is 5.50. The van der Waals surface area contributed by atoms with Crippen molar-refractivity contribution in [3.63, 3.8) is 0 Å². The van der Waals surface area contributed by atoms with E-state index in [1.165, 1.54) is 7.05 Å². The molecule has 0 saturated carbocycles. The Bertz CT molecular complexity index is 1240. The molecule has 154 valence electrons. The molecule has 0 bridgehead atoms. The van der Waals surface area contributed by atoms with Gasteiger partial charge < -0.3 is 30.7 Å². The van der Waals surface area contributed by atoms with Crippen molar-refractivity contribution in [2.24, 2.45) is 10.7 Å². The summed E-state index contributed by atoms with van der Waals surface area (Å²) in [7, 11) is 3.09. The Morgan fingerprint density at radius 3 is 2.10 bits per heavy atom. The van der Waals surface area contributed by atoms with E-state index in [1.54, 1.807) is 37.4 Å². The third-order valence-electron chi connectivity index (χ3n) is 3.36. The Morgan fingerprint density at radius 1 is 0.933 bits per heavy atom. The number of H-pyrrole nitrogens is 1. The van der Waals surface area contributed by atoms with E-state index in [4.69, 9.17) is 11.6 Å². The van der Waals surface area contributed by atoms with Crippen molar-refractivity contribution in [2.45, 2.75) is 7.43 Å². The fourth-order valence-corrected chi connectivity index (χ4v) is 2.38. The summed E-state index contributed by atoms with van der Waals surface area (Å²) in [6, 6.07) is 14.2. The molecule has 3 N–H and O–H groups in total. The van der Waals surface area contributed by atoms with Crippen molar-refractivity contribution in [2.75, 3.05) is 14.1 Å². The summed E-state index contributed by atoms with van der Waals surface area (Å²) in [5, 5.41) is 1.09. The van der Waals surface area contributed by atoms with E-state index in [2.05, 4.69) is 30.7 Å². The van der Waals surface area contributed by atoms with E-state index in [-0.39, 0.29) is 89.2 Å². The van der Waals surface area contributed by atoms with Crippen LogP contribution >= 0.6 is 11.6 Å². The van der Waals surface area contributed by atoms with Crippen LogP contribution in [0.2, 0.25) is 5.28 Å². The third kappa shape index (κ3) is 8.25. The fraction of sp³-hybridized carbons (Fsp3) is 0.158. The zero-order valence-electron chi connectivity index (χ0n) is 15.8. The summed E-state index contributed by atoms with van der Waals surface area (Å²) in [4.78, 5) is 40.4. The smallest absolute Gasteiger partial charge is 0.211 e. The molecule has 0 amide bonds. The number of nitrogens with one attached hydrogen (secondary N) is 1. The second kappa shape index (κ2) is 15.7. The molecule has 8 nitrogen and oxygen atoms in total. The van der Waals surface area contributed by atoms with E-state index >= 15 is 0 Å². The SMILES string of the molecule is C.CN.CN=c1[n-]c(=O)c2ccccc2[nH]1.O=c1[n-]c(Cl)nc2ccccc12.[Y].[Y]. The zero-order chi connectivity index (χ0) is 19.8. The summed E-state index contributed by atoms with van der Waals surface area (Å²) < 4.78 is 0. The first-order valence-electron chi connectivity index (χ1n) is 7.84. The number of hydrogen-bond acceptors (Lipinski definition) is 5. The van der Waals surface area contributed by atoms with Crippen LogP contribution in [0.5, 0.6) is 0 Å². The Morgan fingerprint density at radius 2 is 1.47 bits per heavy atom. The van der Waals surface area contributed by atoms with Crippen LogP contribution in [0.4, 0.5) is 0 Å². The molecule has 2 radical (unpaired) electrons. The quantitative estimate of drug-likeness (QED) is 0.304. The molecule has 30 heavy (non-hydrogen) atoms. The predicted molar refractivity (Wildman–Crippen MR) is 113 cm³/mol. The zero-order valence-corrected chi connectivity index (χ0v) is 22.3. The van der Waals surface area contributed by atoms with Crippen molar-refractivity contribution >= 4 is 33.4 Å². The van der Waals surface area contributed by atoms with Crippen molar-refractivity contribution < 1.29 is 65.4 Å². The molecule has 2 heterocycles. The largest absolute Gasteiger partial charge is 0.425 e. The van der Waals surface area contributed by atoms with Crippen LogP contribution in [0, 0.1) is 0 Å². The molecule has 0 unspecified atom stereocenters. The van der Waals surface area contributed by atoms with E-state index in [0.29, 0.717) is 21.9 Å². The molecule has 4 rings (SSSR count). The Labute approximate surface area is 228 Å². The van der Waals surface area contributed by atoms with Crippen molar-refractivity contribution in [1.29, 1.82) is 0 Å². The fourth-order valence-electron chi connectivity index (χ4n) is 2.21. The van der Waals surface area contributed by atoms with Gasteiger partial charge in [0, 0.05) is 87.1 Å². The molecular formula is C19H21ClN6O2Y2-2. The molecule has 0 aliphatic rings. The van der Waals surface area contributed by atoms with Crippen molar-refractivity contribution in [3.05, 3.63) is 80.1 Å². The number of benzene rings is 2. The summed E-state index contributed by atoms with van der Waals surface area (Å²) in [6.07, 6.45) is 0. The van der Waals surface area contributed by atoms with Crippen LogP contribution in [0.3, 0.4) is 0 Å². The number of nitrogens with two attached hydrogens (primary N) is 1. The third-order valence-corrected chi connectivity index (χ3v) is 3.53. The van der Waals surface area contributed by atoms with Gasteiger partial charge in [-0.3, -0.25) is 9.59 Å². The van der Waals surface area contributed by atoms with Gasteiger partial charge in [0.05, 0.1) is 0 Å². The van der Waals surface area contributed by atoms with Crippen LogP contribution in [-0.2, 0) is 65.4 Å². The van der Waals surface area contributed by atoms with Gasteiger partial charge in [0.25, 0.3) is 0 Å². The molecule has 0 spiro atoms. The minimum atomic E-state index is -0.328. The molecule has 0 aliphatic carbocycles. The average molecular weight is 579 g/mol. The Balaban J connectivity index is 0. The van der Waals surface area contributed by atoms with Gasteiger partial charge in [-0.2, -0.15) is 0 Å². The van der Waals surface area contributed by atoms with Crippen LogP contribution in [0.25, 0.3) is 21.8 Å². The number of nitrogens with zero attached hydrogens (tertiary/aromatic N) is 4. The number of fused-ring (bicyclic) bond motifs is 2. The summed E-state index contributed by atoms with van der Waals surface area (Å²) in [5.41, 5.74) is 5.65. The van der Waals surface area contributed by atoms with E-state index in [0.717, 1.165) is 5.52 Å².